The number of pyridine rings is 1. The number of Topliss-reactive ketones (excluding diaryl/α,β-unsaturated/α-hetero) is 1. The molecular formula is C11H14N2O3S. The number of hydrogen-bond acceptors (Lipinski definition) is 5. The first-order valence-corrected chi connectivity index (χ1v) is 7.22. The Balaban J connectivity index is 2.06. The van der Waals surface area contributed by atoms with Gasteiger partial charge in [-0.2, -0.15) is 0 Å². The summed E-state index contributed by atoms with van der Waals surface area (Å²) in [5.41, 5.74) is 6.31. The second kappa shape index (κ2) is 4.44. The van der Waals surface area contributed by atoms with E-state index in [1.165, 1.54) is 0 Å². The summed E-state index contributed by atoms with van der Waals surface area (Å²) >= 11 is 0. The van der Waals surface area contributed by atoms with Crippen LogP contribution in [0.2, 0.25) is 0 Å². The van der Waals surface area contributed by atoms with Gasteiger partial charge in [0.2, 0.25) is 0 Å². The summed E-state index contributed by atoms with van der Waals surface area (Å²) in [5.74, 6) is -0.00938. The fourth-order valence-corrected chi connectivity index (χ4v) is 3.76. The van der Waals surface area contributed by atoms with Gasteiger partial charge in [0.1, 0.15) is 11.6 Å². The van der Waals surface area contributed by atoms with Crippen LogP contribution in [0.25, 0.3) is 0 Å². The van der Waals surface area contributed by atoms with E-state index in [-0.39, 0.29) is 29.6 Å². The molecule has 2 rings (SSSR count). The average Bonchev–Trinajstić information content (AvgIpc) is 2.62. The maximum Gasteiger partial charge on any atom is 0.151 e. The fourth-order valence-electron chi connectivity index (χ4n) is 1.98. The van der Waals surface area contributed by atoms with Crippen molar-refractivity contribution in [3.8, 4) is 0 Å². The van der Waals surface area contributed by atoms with Crippen LogP contribution in [0, 0.1) is 5.92 Å². The minimum absolute atomic E-state index is 0.0218. The lowest BCUT2D eigenvalue weighted by Crippen LogP contribution is -2.18. The molecule has 17 heavy (non-hydrogen) atoms. The molecular weight excluding hydrogens is 240 g/mol. The van der Waals surface area contributed by atoms with E-state index in [1.807, 2.05) is 0 Å². The largest absolute Gasteiger partial charge is 0.383 e. The third kappa shape index (κ3) is 2.82. The number of sulfone groups is 1. The Morgan fingerprint density at radius 1 is 1.53 bits per heavy atom. The molecule has 2 heterocycles. The second-order valence-electron chi connectivity index (χ2n) is 4.29. The van der Waals surface area contributed by atoms with E-state index >= 15 is 0 Å². The molecule has 1 atom stereocenters. The molecule has 1 aromatic rings. The Bertz CT molecular complexity index is 539. The van der Waals surface area contributed by atoms with Crippen molar-refractivity contribution in [1.29, 1.82) is 0 Å². The summed E-state index contributed by atoms with van der Waals surface area (Å²) in [7, 11) is -3.01. The van der Waals surface area contributed by atoms with Crippen molar-refractivity contribution in [1.82, 2.24) is 4.98 Å². The lowest BCUT2D eigenvalue weighted by atomic mass is 9.98. The summed E-state index contributed by atoms with van der Waals surface area (Å²) in [5, 5.41) is 0. The Hall–Kier alpha value is -1.43. The van der Waals surface area contributed by atoms with Crippen LogP contribution in [0.3, 0.4) is 0 Å². The van der Waals surface area contributed by atoms with Crippen LogP contribution in [0.5, 0.6) is 0 Å². The van der Waals surface area contributed by atoms with Crippen LogP contribution >= 0.6 is 0 Å². The zero-order valence-corrected chi connectivity index (χ0v) is 10.1. The number of rotatable bonds is 3. The summed E-state index contributed by atoms with van der Waals surface area (Å²) in [4.78, 5) is 15.8. The number of hydrogen-bond donors (Lipinski definition) is 1. The minimum Gasteiger partial charge on any atom is -0.383 e. The standard InChI is InChI=1S/C11H14N2O3S/c12-11-8(2-1-4-13-11)6-10(14)9-3-5-17(15,16)7-9/h1-2,4,9H,3,5-7H2,(H2,12,13). The van der Waals surface area contributed by atoms with Crippen molar-refractivity contribution < 1.29 is 13.2 Å². The Labute approximate surface area is 100.0 Å². The van der Waals surface area contributed by atoms with Gasteiger partial charge in [0.15, 0.2) is 9.84 Å². The monoisotopic (exact) mass is 254 g/mol. The lowest BCUT2D eigenvalue weighted by Gasteiger charge is -2.07. The van der Waals surface area contributed by atoms with E-state index in [0.29, 0.717) is 17.8 Å². The molecule has 1 aromatic heterocycles. The van der Waals surface area contributed by atoms with Gasteiger partial charge in [-0.1, -0.05) is 6.07 Å². The third-order valence-electron chi connectivity index (χ3n) is 2.98. The van der Waals surface area contributed by atoms with Crippen LogP contribution in [0.15, 0.2) is 18.3 Å². The molecule has 0 spiro atoms. The van der Waals surface area contributed by atoms with E-state index in [0.717, 1.165) is 0 Å². The normalized spacial score (nSPS) is 22.5. The number of nitrogen functional groups attached to an aromatic ring is 1. The van der Waals surface area contributed by atoms with Crippen LogP contribution in [-0.2, 0) is 21.1 Å². The van der Waals surface area contributed by atoms with Gasteiger partial charge in [0, 0.05) is 24.1 Å². The lowest BCUT2D eigenvalue weighted by molar-refractivity contribution is -0.121. The van der Waals surface area contributed by atoms with Crippen LogP contribution in [-0.4, -0.2) is 30.7 Å². The maximum absolute atomic E-state index is 11.9. The smallest absolute Gasteiger partial charge is 0.151 e. The summed E-state index contributed by atoms with van der Waals surface area (Å²) in [6, 6.07) is 3.45. The zero-order chi connectivity index (χ0) is 12.5. The first-order valence-electron chi connectivity index (χ1n) is 5.40. The molecule has 0 radical (unpaired) electrons. The second-order valence-corrected chi connectivity index (χ2v) is 6.52. The summed E-state index contributed by atoms with van der Waals surface area (Å²) in [6.45, 7) is 0. The molecule has 92 valence electrons. The number of anilines is 1. The third-order valence-corrected chi connectivity index (χ3v) is 4.75. The van der Waals surface area contributed by atoms with Gasteiger partial charge < -0.3 is 5.73 Å². The highest BCUT2D eigenvalue weighted by atomic mass is 32.2. The molecule has 0 aromatic carbocycles. The molecule has 1 saturated heterocycles. The van der Waals surface area contributed by atoms with E-state index in [2.05, 4.69) is 4.98 Å². The van der Waals surface area contributed by atoms with Crippen molar-refractivity contribution in [2.24, 2.45) is 5.92 Å². The topological polar surface area (TPSA) is 90.1 Å². The number of aromatic nitrogens is 1. The molecule has 6 heteroatoms. The van der Waals surface area contributed by atoms with Crippen molar-refractivity contribution in [2.75, 3.05) is 17.2 Å². The van der Waals surface area contributed by atoms with E-state index in [9.17, 15) is 13.2 Å². The number of ketones is 1. The molecule has 2 N–H and O–H groups in total. The molecule has 0 saturated carbocycles. The SMILES string of the molecule is Nc1ncccc1CC(=O)C1CCS(=O)(=O)C1. The van der Waals surface area contributed by atoms with Gasteiger partial charge in [0.05, 0.1) is 11.5 Å². The van der Waals surface area contributed by atoms with Crippen molar-refractivity contribution in [2.45, 2.75) is 12.8 Å². The van der Waals surface area contributed by atoms with Gasteiger partial charge in [-0.05, 0) is 12.5 Å². The maximum atomic E-state index is 11.9. The van der Waals surface area contributed by atoms with Crippen molar-refractivity contribution in [3.63, 3.8) is 0 Å². The van der Waals surface area contributed by atoms with E-state index in [4.69, 9.17) is 5.73 Å². The first kappa shape index (κ1) is 12.0. The predicted molar refractivity (Wildman–Crippen MR) is 64.1 cm³/mol. The van der Waals surface area contributed by atoms with Gasteiger partial charge in [-0.3, -0.25) is 4.79 Å². The van der Waals surface area contributed by atoms with Crippen LogP contribution in [0.1, 0.15) is 12.0 Å². The Morgan fingerprint density at radius 3 is 2.88 bits per heavy atom. The number of nitrogens with two attached hydrogens (primary N) is 1. The molecule has 1 aliphatic rings. The van der Waals surface area contributed by atoms with Gasteiger partial charge in [0.25, 0.3) is 0 Å². The summed E-state index contributed by atoms with van der Waals surface area (Å²) in [6.07, 6.45) is 2.16. The highest BCUT2D eigenvalue weighted by Crippen LogP contribution is 2.21. The zero-order valence-electron chi connectivity index (χ0n) is 9.30. The molecule has 0 amide bonds. The number of carbonyl (C=O) groups is 1. The number of nitrogens with zero attached hydrogens (tertiary/aromatic N) is 1. The molecule has 1 unspecified atom stereocenters. The molecule has 0 bridgehead atoms. The van der Waals surface area contributed by atoms with Gasteiger partial charge in [-0.25, -0.2) is 13.4 Å². The summed E-state index contributed by atoms with van der Waals surface area (Å²) < 4.78 is 22.6. The van der Waals surface area contributed by atoms with E-state index < -0.39 is 9.84 Å². The fraction of sp³-hybridized carbons (Fsp3) is 0.455. The Morgan fingerprint density at radius 2 is 2.29 bits per heavy atom. The quantitative estimate of drug-likeness (QED) is 0.832. The molecule has 1 fully saturated rings. The molecule has 5 nitrogen and oxygen atoms in total. The molecule has 0 aliphatic carbocycles. The predicted octanol–water partition coefficient (Wildman–Crippen LogP) is 0.210. The van der Waals surface area contributed by atoms with E-state index in [1.54, 1.807) is 18.3 Å². The highest BCUT2D eigenvalue weighted by Gasteiger charge is 2.32. The Kier molecular flexibility index (Phi) is 3.15. The van der Waals surface area contributed by atoms with Crippen LogP contribution < -0.4 is 5.73 Å². The van der Waals surface area contributed by atoms with Crippen LogP contribution in [0.4, 0.5) is 5.82 Å². The minimum atomic E-state index is -3.01. The average molecular weight is 254 g/mol. The highest BCUT2D eigenvalue weighted by molar-refractivity contribution is 7.91. The van der Waals surface area contributed by atoms with Gasteiger partial charge >= 0.3 is 0 Å². The van der Waals surface area contributed by atoms with Crippen molar-refractivity contribution in [3.05, 3.63) is 23.9 Å². The van der Waals surface area contributed by atoms with Crippen molar-refractivity contribution >= 4 is 21.4 Å². The molecule has 1 aliphatic heterocycles. The number of carbonyl (C=O) groups excluding carboxylic acids is 1. The van der Waals surface area contributed by atoms with Gasteiger partial charge in [-0.15, -0.1) is 0 Å². The first-order chi connectivity index (χ1) is 7.98.